The van der Waals surface area contributed by atoms with Gasteiger partial charge in [-0.05, 0) is 31.9 Å². The number of halogens is 1. The molecule has 5 rings (SSSR count). The summed E-state index contributed by atoms with van der Waals surface area (Å²) in [4.78, 5) is 18.6. The van der Waals surface area contributed by atoms with Crippen LogP contribution in [0.3, 0.4) is 0 Å². The minimum Gasteiger partial charge on any atom is -0.354 e. The lowest BCUT2D eigenvalue weighted by Gasteiger charge is -2.35. The molecule has 146 valence electrons. The van der Waals surface area contributed by atoms with Crippen LogP contribution in [0.15, 0.2) is 30.6 Å². The summed E-state index contributed by atoms with van der Waals surface area (Å²) in [6, 6.07) is 6.91. The van der Waals surface area contributed by atoms with Crippen molar-refractivity contribution in [2.45, 2.75) is 32.2 Å². The molecule has 3 heterocycles. The molecule has 3 aromatic rings. The molecule has 0 atom stereocenters. The Kier molecular flexibility index (Phi) is 4.47. The number of nitrogens with zero attached hydrogens (tertiary/aromatic N) is 6. The Morgan fingerprint density at radius 2 is 1.86 bits per heavy atom. The van der Waals surface area contributed by atoms with E-state index in [1.807, 2.05) is 12.4 Å². The van der Waals surface area contributed by atoms with E-state index < -0.39 is 0 Å². The van der Waals surface area contributed by atoms with Crippen molar-refractivity contribution < 1.29 is 4.39 Å². The SMILES string of the molecule is Cc1cc(N2CCN(CCn3cnc4cc(F)ccc43)CC2)nc(C2CC2)n1. The summed E-state index contributed by atoms with van der Waals surface area (Å²) in [7, 11) is 0. The van der Waals surface area contributed by atoms with Crippen LogP contribution in [-0.4, -0.2) is 57.1 Å². The van der Waals surface area contributed by atoms with Crippen LogP contribution in [0.25, 0.3) is 11.0 Å². The van der Waals surface area contributed by atoms with Gasteiger partial charge in [-0.25, -0.2) is 19.3 Å². The van der Waals surface area contributed by atoms with Gasteiger partial charge in [0.15, 0.2) is 0 Å². The van der Waals surface area contributed by atoms with Gasteiger partial charge in [0.25, 0.3) is 0 Å². The van der Waals surface area contributed by atoms with Gasteiger partial charge in [-0.2, -0.15) is 0 Å². The third-order valence-corrected chi connectivity index (χ3v) is 5.74. The molecule has 0 radical (unpaired) electrons. The van der Waals surface area contributed by atoms with E-state index in [1.54, 1.807) is 0 Å². The van der Waals surface area contributed by atoms with Crippen LogP contribution in [0, 0.1) is 12.7 Å². The Morgan fingerprint density at radius 1 is 1.04 bits per heavy atom. The van der Waals surface area contributed by atoms with Crippen molar-refractivity contribution in [1.82, 2.24) is 24.4 Å². The molecule has 1 aliphatic heterocycles. The first-order valence-corrected chi connectivity index (χ1v) is 10.1. The van der Waals surface area contributed by atoms with Crippen LogP contribution in [0.1, 0.15) is 30.3 Å². The van der Waals surface area contributed by atoms with Crippen LogP contribution in [-0.2, 0) is 6.54 Å². The molecule has 1 saturated carbocycles. The largest absolute Gasteiger partial charge is 0.354 e. The zero-order valence-corrected chi connectivity index (χ0v) is 16.2. The fourth-order valence-corrected chi connectivity index (χ4v) is 3.93. The Labute approximate surface area is 164 Å². The second-order valence-electron chi connectivity index (χ2n) is 7.90. The number of benzene rings is 1. The monoisotopic (exact) mass is 380 g/mol. The van der Waals surface area contributed by atoms with Crippen LogP contribution in [0.5, 0.6) is 0 Å². The molecular weight excluding hydrogens is 355 g/mol. The highest BCUT2D eigenvalue weighted by Crippen LogP contribution is 2.38. The maximum absolute atomic E-state index is 13.3. The van der Waals surface area contributed by atoms with Crippen molar-refractivity contribution in [2.24, 2.45) is 0 Å². The number of anilines is 1. The second kappa shape index (κ2) is 7.13. The number of hydrogen-bond donors (Lipinski definition) is 0. The lowest BCUT2D eigenvalue weighted by Crippen LogP contribution is -2.47. The highest BCUT2D eigenvalue weighted by molar-refractivity contribution is 5.75. The average Bonchev–Trinajstić information content (AvgIpc) is 3.48. The molecule has 2 fully saturated rings. The summed E-state index contributed by atoms with van der Waals surface area (Å²) in [5.41, 5.74) is 2.78. The lowest BCUT2D eigenvalue weighted by atomic mass is 10.2. The Balaban J connectivity index is 1.19. The van der Waals surface area contributed by atoms with Crippen molar-refractivity contribution in [1.29, 1.82) is 0 Å². The highest BCUT2D eigenvalue weighted by Gasteiger charge is 2.28. The molecule has 2 aliphatic rings. The molecule has 1 aliphatic carbocycles. The predicted octanol–water partition coefficient (Wildman–Crippen LogP) is 2.97. The van der Waals surface area contributed by atoms with Gasteiger partial charge in [-0.15, -0.1) is 0 Å². The Hall–Kier alpha value is -2.54. The quantitative estimate of drug-likeness (QED) is 0.681. The van der Waals surface area contributed by atoms with Crippen LogP contribution in [0.2, 0.25) is 0 Å². The third-order valence-electron chi connectivity index (χ3n) is 5.74. The molecule has 6 nitrogen and oxygen atoms in total. The number of imidazole rings is 1. The highest BCUT2D eigenvalue weighted by atomic mass is 19.1. The molecule has 0 N–H and O–H groups in total. The van der Waals surface area contributed by atoms with Gasteiger partial charge in [0.2, 0.25) is 0 Å². The molecule has 0 unspecified atom stereocenters. The summed E-state index contributed by atoms with van der Waals surface area (Å²) in [5, 5.41) is 0. The van der Waals surface area contributed by atoms with Gasteiger partial charge in [0, 0.05) is 63.0 Å². The molecule has 0 spiro atoms. The number of aryl methyl sites for hydroxylation is 1. The van der Waals surface area contributed by atoms with E-state index in [2.05, 4.69) is 37.3 Å². The van der Waals surface area contributed by atoms with Gasteiger partial charge in [-0.3, -0.25) is 4.90 Å². The maximum atomic E-state index is 13.3. The van der Waals surface area contributed by atoms with Gasteiger partial charge < -0.3 is 9.47 Å². The van der Waals surface area contributed by atoms with E-state index in [9.17, 15) is 4.39 Å². The number of rotatable bonds is 5. The van der Waals surface area contributed by atoms with Gasteiger partial charge in [-0.1, -0.05) is 0 Å². The van der Waals surface area contributed by atoms with Crippen molar-refractivity contribution in [3.63, 3.8) is 0 Å². The number of piperazine rings is 1. The lowest BCUT2D eigenvalue weighted by molar-refractivity contribution is 0.248. The van der Waals surface area contributed by atoms with E-state index >= 15 is 0 Å². The summed E-state index contributed by atoms with van der Waals surface area (Å²) >= 11 is 0. The molecule has 0 amide bonds. The minimum atomic E-state index is -0.237. The molecule has 7 heteroatoms. The summed E-state index contributed by atoms with van der Waals surface area (Å²) in [5.74, 6) is 2.45. The van der Waals surface area contributed by atoms with Crippen molar-refractivity contribution >= 4 is 16.9 Å². The van der Waals surface area contributed by atoms with Crippen LogP contribution < -0.4 is 4.90 Å². The molecule has 2 aromatic heterocycles. The van der Waals surface area contributed by atoms with E-state index in [0.29, 0.717) is 5.92 Å². The number of hydrogen-bond acceptors (Lipinski definition) is 5. The Morgan fingerprint density at radius 3 is 2.64 bits per heavy atom. The standard InChI is InChI=1S/C21H25FN6/c1-15-12-20(25-21(24-15)16-2-3-16)27-9-6-26(7-10-27)8-11-28-14-23-18-13-17(22)4-5-19(18)28/h4-5,12-14,16H,2-3,6-11H2,1H3. The number of fused-ring (bicyclic) bond motifs is 1. The van der Waals surface area contributed by atoms with Crippen LogP contribution >= 0.6 is 0 Å². The van der Waals surface area contributed by atoms with E-state index in [0.717, 1.165) is 67.6 Å². The fourth-order valence-electron chi connectivity index (χ4n) is 3.93. The zero-order valence-electron chi connectivity index (χ0n) is 16.2. The molecule has 1 saturated heterocycles. The number of aromatic nitrogens is 4. The van der Waals surface area contributed by atoms with Gasteiger partial charge in [0.1, 0.15) is 17.5 Å². The fraction of sp³-hybridized carbons (Fsp3) is 0.476. The van der Waals surface area contributed by atoms with E-state index in [-0.39, 0.29) is 5.82 Å². The van der Waals surface area contributed by atoms with Crippen molar-refractivity contribution in [2.75, 3.05) is 37.6 Å². The topological polar surface area (TPSA) is 50.1 Å². The maximum Gasteiger partial charge on any atom is 0.134 e. The first-order chi connectivity index (χ1) is 13.7. The first kappa shape index (κ1) is 17.6. The van der Waals surface area contributed by atoms with Crippen molar-refractivity contribution in [3.05, 3.63) is 47.9 Å². The smallest absolute Gasteiger partial charge is 0.134 e. The molecular formula is C21H25FN6. The van der Waals surface area contributed by atoms with Gasteiger partial charge in [0.05, 0.1) is 17.4 Å². The van der Waals surface area contributed by atoms with Crippen molar-refractivity contribution in [3.8, 4) is 0 Å². The van der Waals surface area contributed by atoms with Gasteiger partial charge >= 0.3 is 0 Å². The zero-order chi connectivity index (χ0) is 19.1. The summed E-state index contributed by atoms with van der Waals surface area (Å²) < 4.78 is 15.4. The summed E-state index contributed by atoms with van der Waals surface area (Å²) in [6.07, 6.45) is 4.27. The third kappa shape index (κ3) is 3.58. The molecule has 1 aromatic carbocycles. The predicted molar refractivity (Wildman–Crippen MR) is 107 cm³/mol. The summed E-state index contributed by atoms with van der Waals surface area (Å²) in [6.45, 7) is 7.89. The normalized spacial score (nSPS) is 18.1. The first-order valence-electron chi connectivity index (χ1n) is 10.1. The molecule has 28 heavy (non-hydrogen) atoms. The van der Waals surface area contributed by atoms with E-state index in [1.165, 1.54) is 25.0 Å². The average molecular weight is 380 g/mol. The molecule has 0 bridgehead atoms. The minimum absolute atomic E-state index is 0.237. The van der Waals surface area contributed by atoms with E-state index in [4.69, 9.17) is 4.98 Å². The second-order valence-corrected chi connectivity index (χ2v) is 7.90. The van der Waals surface area contributed by atoms with Crippen LogP contribution in [0.4, 0.5) is 10.2 Å². The Bertz CT molecular complexity index is 988.